The average Bonchev–Trinajstić information content (AvgIpc) is 2.38. The molecule has 1 N–H and O–H groups in total. The summed E-state index contributed by atoms with van der Waals surface area (Å²) >= 11 is 5.77. The number of amides is 1. The van der Waals surface area contributed by atoms with Crippen LogP contribution in [-0.2, 0) is 0 Å². The number of hydrogen-bond acceptors (Lipinski definition) is 2. The predicted octanol–water partition coefficient (Wildman–Crippen LogP) is 2.94. The minimum atomic E-state index is -0.558. The zero-order chi connectivity index (χ0) is 14.4. The molecule has 0 bridgehead atoms. The molecule has 0 heterocycles. The quantitative estimate of drug-likeness (QED) is 0.872. The molecule has 0 saturated heterocycles. The molecule has 0 spiro atoms. The van der Waals surface area contributed by atoms with E-state index in [-0.39, 0.29) is 11.6 Å². The summed E-state index contributed by atoms with van der Waals surface area (Å²) in [6, 6.07) is 3.92. The van der Waals surface area contributed by atoms with E-state index in [1.807, 2.05) is 6.92 Å². The lowest BCUT2D eigenvalue weighted by Gasteiger charge is -2.23. The molecule has 0 aromatic heterocycles. The van der Waals surface area contributed by atoms with Gasteiger partial charge in [-0.2, -0.15) is 0 Å². The summed E-state index contributed by atoms with van der Waals surface area (Å²) < 4.78 is 13.5. The lowest BCUT2D eigenvalue weighted by molar-refractivity contribution is 0.0926. The zero-order valence-corrected chi connectivity index (χ0v) is 12.3. The average molecular weight is 287 g/mol. The van der Waals surface area contributed by atoms with Gasteiger partial charge in [0, 0.05) is 17.6 Å². The molecule has 1 amide bonds. The van der Waals surface area contributed by atoms with Gasteiger partial charge >= 0.3 is 0 Å². The highest BCUT2D eigenvalue weighted by atomic mass is 35.5. The van der Waals surface area contributed by atoms with Gasteiger partial charge in [-0.05, 0) is 38.2 Å². The lowest BCUT2D eigenvalue weighted by atomic mass is 10.2. The van der Waals surface area contributed by atoms with Crippen molar-refractivity contribution in [3.8, 4) is 0 Å². The van der Waals surface area contributed by atoms with Crippen LogP contribution in [0.15, 0.2) is 18.2 Å². The summed E-state index contributed by atoms with van der Waals surface area (Å²) in [4.78, 5) is 14.2. The first-order valence-corrected chi connectivity index (χ1v) is 6.84. The third-order valence-corrected chi connectivity index (χ3v) is 3.21. The van der Waals surface area contributed by atoms with Crippen molar-refractivity contribution >= 4 is 17.5 Å². The van der Waals surface area contributed by atoms with Crippen molar-refractivity contribution in [1.82, 2.24) is 10.2 Å². The summed E-state index contributed by atoms with van der Waals surface area (Å²) in [5, 5.41) is 3.13. The minimum absolute atomic E-state index is 0.0149. The Morgan fingerprint density at radius 2 is 2.05 bits per heavy atom. The van der Waals surface area contributed by atoms with Crippen LogP contribution in [0.5, 0.6) is 0 Å². The highest BCUT2D eigenvalue weighted by molar-refractivity contribution is 6.31. The van der Waals surface area contributed by atoms with E-state index in [9.17, 15) is 9.18 Å². The largest absolute Gasteiger partial charge is 0.348 e. The van der Waals surface area contributed by atoms with Gasteiger partial charge in [-0.3, -0.25) is 4.79 Å². The molecule has 0 fully saturated rings. The maximum Gasteiger partial charge on any atom is 0.254 e. The first-order valence-electron chi connectivity index (χ1n) is 6.46. The lowest BCUT2D eigenvalue weighted by Crippen LogP contribution is -2.42. The Labute approximate surface area is 118 Å². The molecule has 1 unspecified atom stereocenters. The van der Waals surface area contributed by atoms with E-state index in [2.05, 4.69) is 24.1 Å². The normalized spacial score (nSPS) is 12.5. The van der Waals surface area contributed by atoms with Crippen LogP contribution in [0.4, 0.5) is 4.39 Å². The standard InChI is InChI=1S/C14H20ClFN2O/c1-4-18(5-2)9-10(3)17-14(19)12-8-11(15)6-7-13(12)16/h6-8,10H,4-5,9H2,1-3H3,(H,17,19). The molecule has 1 rings (SSSR count). The molecule has 1 aromatic carbocycles. The minimum Gasteiger partial charge on any atom is -0.348 e. The van der Waals surface area contributed by atoms with Crippen LogP contribution in [0.2, 0.25) is 5.02 Å². The van der Waals surface area contributed by atoms with Crippen LogP contribution in [0.1, 0.15) is 31.1 Å². The highest BCUT2D eigenvalue weighted by Gasteiger charge is 2.15. The van der Waals surface area contributed by atoms with Crippen LogP contribution >= 0.6 is 11.6 Å². The monoisotopic (exact) mass is 286 g/mol. The number of carbonyl (C=O) groups excluding carboxylic acids is 1. The van der Waals surface area contributed by atoms with E-state index in [4.69, 9.17) is 11.6 Å². The summed E-state index contributed by atoms with van der Waals surface area (Å²) in [5.74, 6) is -0.989. The fourth-order valence-corrected chi connectivity index (χ4v) is 2.06. The predicted molar refractivity (Wildman–Crippen MR) is 76.1 cm³/mol. The van der Waals surface area contributed by atoms with Crippen LogP contribution in [0.3, 0.4) is 0 Å². The second-order valence-electron chi connectivity index (χ2n) is 4.48. The van der Waals surface area contributed by atoms with E-state index in [0.717, 1.165) is 19.6 Å². The van der Waals surface area contributed by atoms with Crippen molar-refractivity contribution in [3.63, 3.8) is 0 Å². The molecule has 0 radical (unpaired) electrons. The number of carbonyl (C=O) groups is 1. The summed E-state index contributed by atoms with van der Waals surface area (Å²) in [5.41, 5.74) is -0.0149. The molecule has 19 heavy (non-hydrogen) atoms. The molecular formula is C14H20ClFN2O. The van der Waals surface area contributed by atoms with E-state index in [1.165, 1.54) is 18.2 Å². The Balaban J connectivity index is 2.66. The van der Waals surface area contributed by atoms with Crippen molar-refractivity contribution in [3.05, 3.63) is 34.6 Å². The molecule has 0 aliphatic heterocycles. The SMILES string of the molecule is CCN(CC)CC(C)NC(=O)c1cc(Cl)ccc1F. The van der Waals surface area contributed by atoms with Crippen molar-refractivity contribution < 1.29 is 9.18 Å². The molecule has 0 saturated carbocycles. The van der Waals surface area contributed by atoms with Gasteiger partial charge < -0.3 is 10.2 Å². The van der Waals surface area contributed by atoms with Crippen molar-refractivity contribution in [1.29, 1.82) is 0 Å². The van der Waals surface area contributed by atoms with Gasteiger partial charge in [0.2, 0.25) is 0 Å². The van der Waals surface area contributed by atoms with Gasteiger partial charge in [-0.25, -0.2) is 4.39 Å². The maximum atomic E-state index is 13.5. The first kappa shape index (κ1) is 15.9. The third-order valence-electron chi connectivity index (χ3n) is 2.98. The third kappa shape index (κ3) is 4.80. The van der Waals surface area contributed by atoms with E-state index >= 15 is 0 Å². The second-order valence-corrected chi connectivity index (χ2v) is 4.92. The Morgan fingerprint density at radius 1 is 1.42 bits per heavy atom. The molecule has 0 aliphatic rings. The Morgan fingerprint density at radius 3 is 2.63 bits per heavy atom. The van der Waals surface area contributed by atoms with Gasteiger partial charge in [0.15, 0.2) is 0 Å². The maximum absolute atomic E-state index is 13.5. The number of hydrogen-bond donors (Lipinski definition) is 1. The fraction of sp³-hybridized carbons (Fsp3) is 0.500. The van der Waals surface area contributed by atoms with E-state index in [0.29, 0.717) is 5.02 Å². The summed E-state index contributed by atoms with van der Waals surface area (Å²) in [6.07, 6.45) is 0. The molecule has 1 atom stereocenters. The Bertz CT molecular complexity index is 435. The number of nitrogens with one attached hydrogen (secondary N) is 1. The summed E-state index contributed by atoms with van der Waals surface area (Å²) in [6.45, 7) is 8.60. The van der Waals surface area contributed by atoms with Crippen molar-refractivity contribution in [2.45, 2.75) is 26.8 Å². The molecule has 106 valence electrons. The summed E-state index contributed by atoms with van der Waals surface area (Å²) in [7, 11) is 0. The van der Waals surface area contributed by atoms with E-state index in [1.54, 1.807) is 0 Å². The number of likely N-dealkylation sites (N-methyl/N-ethyl adjacent to an activating group) is 1. The first-order chi connectivity index (χ1) is 8.97. The van der Waals surface area contributed by atoms with Crippen LogP contribution < -0.4 is 5.32 Å². The smallest absolute Gasteiger partial charge is 0.254 e. The molecule has 1 aromatic rings. The second kappa shape index (κ2) is 7.46. The van der Waals surface area contributed by atoms with Gasteiger partial charge in [0.1, 0.15) is 5.82 Å². The number of rotatable bonds is 6. The zero-order valence-electron chi connectivity index (χ0n) is 11.5. The molecular weight excluding hydrogens is 267 g/mol. The number of benzene rings is 1. The van der Waals surface area contributed by atoms with E-state index < -0.39 is 11.7 Å². The fourth-order valence-electron chi connectivity index (χ4n) is 1.89. The highest BCUT2D eigenvalue weighted by Crippen LogP contribution is 2.14. The van der Waals surface area contributed by atoms with Crippen LogP contribution in [-0.4, -0.2) is 36.5 Å². The Hall–Kier alpha value is -1.13. The van der Waals surface area contributed by atoms with Gasteiger partial charge in [-0.1, -0.05) is 25.4 Å². The molecule has 3 nitrogen and oxygen atoms in total. The van der Waals surface area contributed by atoms with Gasteiger partial charge in [0.25, 0.3) is 5.91 Å². The van der Waals surface area contributed by atoms with Gasteiger partial charge in [-0.15, -0.1) is 0 Å². The number of halogens is 2. The Kier molecular flexibility index (Phi) is 6.25. The molecule has 0 aliphatic carbocycles. The van der Waals surface area contributed by atoms with Crippen molar-refractivity contribution in [2.75, 3.05) is 19.6 Å². The van der Waals surface area contributed by atoms with Crippen molar-refractivity contribution in [2.24, 2.45) is 0 Å². The molecule has 5 heteroatoms. The number of nitrogens with zero attached hydrogens (tertiary/aromatic N) is 1. The van der Waals surface area contributed by atoms with Crippen LogP contribution in [0, 0.1) is 5.82 Å². The van der Waals surface area contributed by atoms with Gasteiger partial charge in [0.05, 0.1) is 5.56 Å². The topological polar surface area (TPSA) is 32.3 Å². The van der Waals surface area contributed by atoms with Crippen LogP contribution in [0.25, 0.3) is 0 Å².